The molecule has 94 valence electrons. The number of allylic oxidation sites excluding steroid dienone is 2. The Morgan fingerprint density at radius 2 is 2.24 bits per heavy atom. The topological polar surface area (TPSA) is 29.9 Å². The Kier molecular flexibility index (Phi) is 3.55. The van der Waals surface area contributed by atoms with E-state index >= 15 is 0 Å². The first-order valence-corrected chi connectivity index (χ1v) is 6.46. The highest BCUT2D eigenvalue weighted by atomic mass is 15.3. The molecule has 17 heavy (non-hydrogen) atoms. The van der Waals surface area contributed by atoms with Crippen molar-refractivity contribution in [1.82, 2.24) is 9.78 Å². The van der Waals surface area contributed by atoms with Gasteiger partial charge in [-0.05, 0) is 38.5 Å². The molecule has 0 fully saturated rings. The Balaban J connectivity index is 1.91. The largest absolute Gasteiger partial charge is 0.382 e. The summed E-state index contributed by atoms with van der Waals surface area (Å²) in [7, 11) is 1.97. The van der Waals surface area contributed by atoms with E-state index in [2.05, 4.69) is 43.5 Å². The third-order valence-electron chi connectivity index (χ3n) is 3.48. The van der Waals surface area contributed by atoms with Crippen LogP contribution >= 0.6 is 0 Å². The summed E-state index contributed by atoms with van der Waals surface area (Å²) in [6, 6.07) is 0. The van der Waals surface area contributed by atoms with E-state index in [1.807, 2.05) is 11.7 Å². The summed E-state index contributed by atoms with van der Waals surface area (Å²) >= 11 is 0. The van der Waals surface area contributed by atoms with Gasteiger partial charge in [0.25, 0.3) is 0 Å². The standard InChI is InChI=1S/C14H23N3/c1-10-5-11(2)7-13(6-10)8-15-14-9-17(4)16-12(14)3/h5,9-10,13,15H,6-8H2,1-4H3. The van der Waals surface area contributed by atoms with E-state index in [0.29, 0.717) is 0 Å². The molecule has 0 spiro atoms. The van der Waals surface area contributed by atoms with E-state index in [1.54, 1.807) is 5.57 Å². The first-order valence-electron chi connectivity index (χ1n) is 6.46. The molecule has 0 amide bonds. The van der Waals surface area contributed by atoms with E-state index in [-0.39, 0.29) is 0 Å². The van der Waals surface area contributed by atoms with Crippen LogP contribution in [0.1, 0.15) is 32.4 Å². The molecule has 0 radical (unpaired) electrons. The van der Waals surface area contributed by atoms with Crippen molar-refractivity contribution in [1.29, 1.82) is 0 Å². The highest BCUT2D eigenvalue weighted by Gasteiger charge is 2.18. The molecule has 1 aliphatic rings. The molecule has 2 atom stereocenters. The van der Waals surface area contributed by atoms with Gasteiger partial charge in [-0.25, -0.2) is 0 Å². The zero-order valence-electron chi connectivity index (χ0n) is 11.3. The van der Waals surface area contributed by atoms with E-state index < -0.39 is 0 Å². The lowest BCUT2D eigenvalue weighted by atomic mass is 9.84. The third-order valence-corrected chi connectivity index (χ3v) is 3.48. The van der Waals surface area contributed by atoms with E-state index in [1.165, 1.54) is 18.5 Å². The van der Waals surface area contributed by atoms with Crippen molar-refractivity contribution in [3.8, 4) is 0 Å². The van der Waals surface area contributed by atoms with Gasteiger partial charge in [-0.15, -0.1) is 0 Å². The lowest BCUT2D eigenvalue weighted by molar-refractivity contribution is 0.421. The molecule has 2 unspecified atom stereocenters. The number of nitrogens with one attached hydrogen (secondary N) is 1. The fourth-order valence-corrected chi connectivity index (χ4v) is 2.87. The van der Waals surface area contributed by atoms with Gasteiger partial charge in [0.2, 0.25) is 0 Å². The number of hydrogen-bond acceptors (Lipinski definition) is 2. The maximum absolute atomic E-state index is 4.35. The molecule has 0 saturated carbocycles. The minimum Gasteiger partial charge on any atom is -0.382 e. The summed E-state index contributed by atoms with van der Waals surface area (Å²) in [6.45, 7) is 7.67. The van der Waals surface area contributed by atoms with Crippen LogP contribution in [0.2, 0.25) is 0 Å². The van der Waals surface area contributed by atoms with Gasteiger partial charge in [0.1, 0.15) is 0 Å². The van der Waals surface area contributed by atoms with Gasteiger partial charge in [-0.3, -0.25) is 4.68 Å². The summed E-state index contributed by atoms with van der Waals surface area (Å²) in [4.78, 5) is 0. The van der Waals surface area contributed by atoms with E-state index in [9.17, 15) is 0 Å². The molecule has 0 aliphatic heterocycles. The van der Waals surface area contributed by atoms with Gasteiger partial charge in [-0.1, -0.05) is 18.6 Å². The van der Waals surface area contributed by atoms with Crippen molar-refractivity contribution in [2.24, 2.45) is 18.9 Å². The molecule has 3 heteroatoms. The van der Waals surface area contributed by atoms with Crippen molar-refractivity contribution in [2.75, 3.05) is 11.9 Å². The molecule has 1 N–H and O–H groups in total. The summed E-state index contributed by atoms with van der Waals surface area (Å²) in [5, 5.41) is 7.88. The normalized spacial score (nSPS) is 24.6. The molecule has 1 aromatic heterocycles. The molecule has 3 nitrogen and oxygen atoms in total. The fourth-order valence-electron chi connectivity index (χ4n) is 2.87. The number of nitrogens with zero attached hydrogens (tertiary/aromatic N) is 2. The van der Waals surface area contributed by atoms with Crippen LogP contribution in [0.25, 0.3) is 0 Å². The van der Waals surface area contributed by atoms with Crippen molar-refractivity contribution in [3.63, 3.8) is 0 Å². The van der Waals surface area contributed by atoms with Crippen LogP contribution in [0.5, 0.6) is 0 Å². The van der Waals surface area contributed by atoms with E-state index in [0.717, 1.165) is 24.1 Å². The van der Waals surface area contributed by atoms with Crippen molar-refractivity contribution < 1.29 is 0 Å². The monoisotopic (exact) mass is 233 g/mol. The average Bonchev–Trinajstić information content (AvgIpc) is 2.53. The molecule has 1 aromatic rings. The summed E-state index contributed by atoms with van der Waals surface area (Å²) < 4.78 is 1.87. The third kappa shape index (κ3) is 3.11. The number of rotatable bonds is 3. The molecule has 0 bridgehead atoms. The predicted octanol–water partition coefficient (Wildman–Crippen LogP) is 3.13. The smallest absolute Gasteiger partial charge is 0.0824 e. The second-order valence-electron chi connectivity index (χ2n) is 5.48. The van der Waals surface area contributed by atoms with Crippen molar-refractivity contribution in [3.05, 3.63) is 23.5 Å². The lowest BCUT2D eigenvalue weighted by Gasteiger charge is -2.25. The number of anilines is 1. The molecule has 0 aromatic carbocycles. The Labute approximate surface area is 104 Å². The summed E-state index contributed by atoms with van der Waals surface area (Å²) in [5.41, 5.74) is 3.80. The summed E-state index contributed by atoms with van der Waals surface area (Å²) in [6.07, 6.45) is 7.00. The first-order chi connectivity index (χ1) is 8.04. The van der Waals surface area contributed by atoms with Gasteiger partial charge in [0.15, 0.2) is 0 Å². The van der Waals surface area contributed by atoms with Gasteiger partial charge < -0.3 is 5.32 Å². The fraction of sp³-hybridized carbons (Fsp3) is 0.643. The predicted molar refractivity (Wildman–Crippen MR) is 72.1 cm³/mol. The van der Waals surface area contributed by atoms with Gasteiger partial charge in [0, 0.05) is 19.8 Å². The van der Waals surface area contributed by atoms with Crippen LogP contribution in [0.3, 0.4) is 0 Å². The molecule has 1 heterocycles. The minimum atomic E-state index is 0.727. The number of hydrogen-bond donors (Lipinski definition) is 1. The zero-order valence-corrected chi connectivity index (χ0v) is 11.3. The average molecular weight is 233 g/mol. The van der Waals surface area contributed by atoms with Crippen molar-refractivity contribution >= 4 is 5.69 Å². The number of aryl methyl sites for hydroxylation is 2. The van der Waals surface area contributed by atoms with Crippen LogP contribution in [0.4, 0.5) is 5.69 Å². The van der Waals surface area contributed by atoms with Gasteiger partial charge in [0.05, 0.1) is 11.4 Å². The van der Waals surface area contributed by atoms with Gasteiger partial charge >= 0.3 is 0 Å². The Hall–Kier alpha value is -1.25. The Morgan fingerprint density at radius 3 is 2.82 bits per heavy atom. The quantitative estimate of drug-likeness (QED) is 0.813. The summed E-state index contributed by atoms with van der Waals surface area (Å²) in [5.74, 6) is 1.49. The molecule has 0 saturated heterocycles. The van der Waals surface area contributed by atoms with Crippen LogP contribution in [0, 0.1) is 18.8 Å². The molecule has 2 rings (SSSR count). The van der Waals surface area contributed by atoms with Gasteiger partial charge in [-0.2, -0.15) is 5.10 Å². The zero-order chi connectivity index (χ0) is 12.4. The van der Waals surface area contributed by atoms with E-state index in [4.69, 9.17) is 0 Å². The first kappa shape index (κ1) is 12.2. The Morgan fingerprint density at radius 1 is 1.47 bits per heavy atom. The Bertz CT molecular complexity index is 417. The highest BCUT2D eigenvalue weighted by Crippen LogP contribution is 2.28. The SMILES string of the molecule is CC1=CC(C)CC(CNc2cn(C)nc2C)C1. The lowest BCUT2D eigenvalue weighted by Crippen LogP contribution is -2.20. The molecule has 1 aliphatic carbocycles. The second-order valence-corrected chi connectivity index (χ2v) is 5.48. The minimum absolute atomic E-state index is 0.727. The highest BCUT2D eigenvalue weighted by molar-refractivity contribution is 5.45. The number of aromatic nitrogens is 2. The maximum atomic E-state index is 4.35. The van der Waals surface area contributed by atoms with Crippen LogP contribution in [-0.4, -0.2) is 16.3 Å². The molecular weight excluding hydrogens is 210 g/mol. The van der Waals surface area contributed by atoms with Crippen LogP contribution in [-0.2, 0) is 7.05 Å². The molecular formula is C14H23N3. The van der Waals surface area contributed by atoms with Crippen molar-refractivity contribution in [2.45, 2.75) is 33.6 Å². The second kappa shape index (κ2) is 4.94. The van der Waals surface area contributed by atoms with Crippen LogP contribution in [0.15, 0.2) is 17.8 Å². The van der Waals surface area contributed by atoms with Crippen LogP contribution < -0.4 is 5.32 Å². The maximum Gasteiger partial charge on any atom is 0.0824 e.